The van der Waals surface area contributed by atoms with Gasteiger partial charge in [-0.3, -0.25) is 0 Å². The van der Waals surface area contributed by atoms with Crippen LogP contribution in [0.1, 0.15) is 27.2 Å². The van der Waals surface area contributed by atoms with E-state index in [9.17, 15) is 9.59 Å². The molecule has 1 heterocycles. The number of nitrogens with one attached hydrogen (secondary N) is 1. The van der Waals surface area contributed by atoms with E-state index < -0.39 is 23.2 Å². The van der Waals surface area contributed by atoms with Gasteiger partial charge in [-0.05, 0) is 20.8 Å². The molecule has 1 aliphatic rings. The minimum absolute atomic E-state index is 0.110. The standard InChI is InChI=1S/C11H19NO5/c1-10(2,3)17-9(14)12-11(8(13)15-4)5-6-16-7-11/h5-7H2,1-4H3,(H,12,14)/t11-/m1/s1. The summed E-state index contributed by atoms with van der Waals surface area (Å²) in [6, 6.07) is 0. The van der Waals surface area contributed by atoms with Crippen LogP contribution in [0.15, 0.2) is 0 Å². The highest BCUT2D eigenvalue weighted by Crippen LogP contribution is 2.21. The summed E-state index contributed by atoms with van der Waals surface area (Å²) in [4.78, 5) is 23.3. The first-order valence-electron chi connectivity index (χ1n) is 5.46. The number of esters is 1. The Morgan fingerprint density at radius 3 is 2.41 bits per heavy atom. The van der Waals surface area contributed by atoms with Crippen molar-refractivity contribution in [3.63, 3.8) is 0 Å². The minimum atomic E-state index is -1.11. The van der Waals surface area contributed by atoms with Crippen LogP contribution < -0.4 is 5.32 Å². The average molecular weight is 245 g/mol. The topological polar surface area (TPSA) is 73.9 Å². The highest BCUT2D eigenvalue weighted by atomic mass is 16.6. The summed E-state index contributed by atoms with van der Waals surface area (Å²) in [5, 5.41) is 2.54. The molecule has 0 aromatic carbocycles. The lowest BCUT2D eigenvalue weighted by Gasteiger charge is -2.27. The van der Waals surface area contributed by atoms with E-state index >= 15 is 0 Å². The summed E-state index contributed by atoms with van der Waals surface area (Å²) in [7, 11) is 1.28. The average Bonchev–Trinajstić information content (AvgIpc) is 2.63. The normalized spacial score (nSPS) is 24.2. The molecule has 1 amide bonds. The van der Waals surface area contributed by atoms with E-state index in [2.05, 4.69) is 10.1 Å². The maximum atomic E-state index is 11.7. The lowest BCUT2D eigenvalue weighted by molar-refractivity contribution is -0.148. The Morgan fingerprint density at radius 2 is 2.00 bits per heavy atom. The van der Waals surface area contributed by atoms with Gasteiger partial charge < -0.3 is 19.5 Å². The second kappa shape index (κ2) is 4.91. The number of hydrogen-bond donors (Lipinski definition) is 1. The number of carbonyl (C=O) groups excluding carboxylic acids is 2. The zero-order valence-electron chi connectivity index (χ0n) is 10.7. The summed E-state index contributed by atoms with van der Waals surface area (Å²) in [6.45, 7) is 5.78. The van der Waals surface area contributed by atoms with Crippen LogP contribution in [0.25, 0.3) is 0 Å². The molecule has 1 fully saturated rings. The predicted molar refractivity (Wildman–Crippen MR) is 59.6 cm³/mol. The second-order valence-electron chi connectivity index (χ2n) is 5.00. The number of methoxy groups -OCH3 is 1. The van der Waals surface area contributed by atoms with E-state index in [-0.39, 0.29) is 6.61 Å². The first-order valence-corrected chi connectivity index (χ1v) is 5.46. The van der Waals surface area contributed by atoms with Crippen molar-refractivity contribution in [3.8, 4) is 0 Å². The zero-order chi connectivity index (χ0) is 13.1. The van der Waals surface area contributed by atoms with Gasteiger partial charge in [0.15, 0.2) is 5.54 Å². The van der Waals surface area contributed by atoms with Gasteiger partial charge in [-0.15, -0.1) is 0 Å². The van der Waals surface area contributed by atoms with E-state index in [0.29, 0.717) is 13.0 Å². The summed E-state index contributed by atoms with van der Waals surface area (Å²) in [5.74, 6) is -0.513. The molecule has 1 saturated heterocycles. The molecule has 0 radical (unpaired) electrons. The number of rotatable bonds is 2. The number of hydrogen-bond acceptors (Lipinski definition) is 5. The van der Waals surface area contributed by atoms with Crippen molar-refractivity contribution in [2.45, 2.75) is 38.3 Å². The van der Waals surface area contributed by atoms with Gasteiger partial charge in [0.2, 0.25) is 0 Å². The smallest absolute Gasteiger partial charge is 0.408 e. The van der Waals surface area contributed by atoms with E-state index in [1.807, 2.05) is 0 Å². The fraction of sp³-hybridized carbons (Fsp3) is 0.818. The molecule has 0 spiro atoms. The first kappa shape index (κ1) is 13.8. The third kappa shape index (κ3) is 3.59. The summed E-state index contributed by atoms with van der Waals surface area (Å²) < 4.78 is 14.9. The Hall–Kier alpha value is -1.30. The molecular weight excluding hydrogens is 226 g/mol. The number of amides is 1. The molecule has 0 aromatic rings. The third-order valence-corrected chi connectivity index (χ3v) is 2.34. The van der Waals surface area contributed by atoms with Crippen molar-refractivity contribution in [1.82, 2.24) is 5.32 Å². The molecule has 1 aliphatic heterocycles. The molecule has 1 rings (SSSR count). The van der Waals surface area contributed by atoms with Gasteiger partial charge in [-0.25, -0.2) is 9.59 Å². The van der Waals surface area contributed by atoms with Gasteiger partial charge in [-0.1, -0.05) is 0 Å². The summed E-state index contributed by atoms with van der Waals surface area (Å²) in [6.07, 6.45) is -0.257. The quantitative estimate of drug-likeness (QED) is 0.730. The molecule has 0 aromatic heterocycles. The van der Waals surface area contributed by atoms with Crippen molar-refractivity contribution >= 4 is 12.1 Å². The van der Waals surface area contributed by atoms with Crippen molar-refractivity contribution in [2.75, 3.05) is 20.3 Å². The molecule has 6 nitrogen and oxygen atoms in total. The lowest BCUT2D eigenvalue weighted by Crippen LogP contribution is -2.56. The Kier molecular flexibility index (Phi) is 3.98. The Labute approximate surface area is 101 Å². The van der Waals surface area contributed by atoms with Crippen LogP contribution in [0.3, 0.4) is 0 Å². The number of carbonyl (C=O) groups is 2. The molecule has 0 aliphatic carbocycles. The fourth-order valence-electron chi connectivity index (χ4n) is 1.57. The van der Waals surface area contributed by atoms with Gasteiger partial charge >= 0.3 is 12.1 Å². The maximum Gasteiger partial charge on any atom is 0.408 e. The summed E-state index contributed by atoms with van der Waals surface area (Å²) >= 11 is 0. The van der Waals surface area contributed by atoms with Gasteiger partial charge in [0.25, 0.3) is 0 Å². The van der Waals surface area contributed by atoms with Crippen LogP contribution in [0.4, 0.5) is 4.79 Å². The molecule has 0 bridgehead atoms. The Morgan fingerprint density at radius 1 is 1.35 bits per heavy atom. The van der Waals surface area contributed by atoms with Crippen LogP contribution in [-0.2, 0) is 19.0 Å². The van der Waals surface area contributed by atoms with Crippen molar-refractivity contribution in [3.05, 3.63) is 0 Å². The minimum Gasteiger partial charge on any atom is -0.467 e. The molecular formula is C11H19NO5. The Balaban J connectivity index is 2.68. The van der Waals surface area contributed by atoms with Gasteiger partial charge in [0.1, 0.15) is 5.60 Å². The fourth-order valence-corrected chi connectivity index (χ4v) is 1.57. The molecule has 0 unspecified atom stereocenters. The van der Waals surface area contributed by atoms with Crippen LogP contribution in [0, 0.1) is 0 Å². The van der Waals surface area contributed by atoms with Crippen molar-refractivity contribution < 1.29 is 23.8 Å². The Bertz CT molecular complexity index is 301. The zero-order valence-corrected chi connectivity index (χ0v) is 10.7. The molecule has 1 N–H and O–H groups in total. The van der Waals surface area contributed by atoms with Crippen LogP contribution >= 0.6 is 0 Å². The molecule has 17 heavy (non-hydrogen) atoms. The molecule has 1 atom stereocenters. The maximum absolute atomic E-state index is 11.7. The molecule has 0 saturated carbocycles. The second-order valence-corrected chi connectivity index (χ2v) is 5.00. The van der Waals surface area contributed by atoms with Crippen LogP contribution in [0.5, 0.6) is 0 Å². The van der Waals surface area contributed by atoms with Crippen LogP contribution in [0.2, 0.25) is 0 Å². The van der Waals surface area contributed by atoms with E-state index in [1.54, 1.807) is 20.8 Å². The highest BCUT2D eigenvalue weighted by molar-refractivity contribution is 5.86. The molecule has 6 heteroatoms. The van der Waals surface area contributed by atoms with Gasteiger partial charge in [0, 0.05) is 13.0 Å². The van der Waals surface area contributed by atoms with E-state index in [1.165, 1.54) is 7.11 Å². The molecule has 98 valence electrons. The van der Waals surface area contributed by atoms with Gasteiger partial charge in [-0.2, -0.15) is 0 Å². The first-order chi connectivity index (χ1) is 7.79. The van der Waals surface area contributed by atoms with E-state index in [0.717, 1.165) is 0 Å². The lowest BCUT2D eigenvalue weighted by atomic mass is 9.99. The number of alkyl carbamates (subject to hydrolysis) is 1. The highest BCUT2D eigenvalue weighted by Gasteiger charge is 2.45. The van der Waals surface area contributed by atoms with E-state index in [4.69, 9.17) is 9.47 Å². The van der Waals surface area contributed by atoms with Crippen LogP contribution in [-0.4, -0.2) is 43.5 Å². The predicted octanol–water partition coefficient (Wildman–Crippen LogP) is 0.843. The number of ether oxygens (including phenoxy) is 3. The third-order valence-electron chi connectivity index (χ3n) is 2.34. The monoisotopic (exact) mass is 245 g/mol. The largest absolute Gasteiger partial charge is 0.467 e. The van der Waals surface area contributed by atoms with Crippen molar-refractivity contribution in [2.24, 2.45) is 0 Å². The van der Waals surface area contributed by atoms with Gasteiger partial charge in [0.05, 0.1) is 13.7 Å². The SMILES string of the molecule is COC(=O)[C@@]1(NC(=O)OC(C)(C)C)CCOC1. The summed E-state index contributed by atoms with van der Waals surface area (Å²) in [5.41, 5.74) is -1.72. The van der Waals surface area contributed by atoms with Crippen molar-refractivity contribution in [1.29, 1.82) is 0 Å².